The third-order valence-corrected chi connectivity index (χ3v) is 7.42. The highest BCUT2D eigenvalue weighted by molar-refractivity contribution is 7.90. The Morgan fingerprint density at radius 2 is 1.88 bits per heavy atom. The molecule has 32 heavy (non-hydrogen) atoms. The van der Waals surface area contributed by atoms with Crippen molar-refractivity contribution in [1.29, 1.82) is 0 Å². The molecule has 0 radical (unpaired) electrons. The minimum absolute atomic E-state index is 0.0183. The second-order valence-corrected chi connectivity index (χ2v) is 10.8. The van der Waals surface area contributed by atoms with E-state index in [0.717, 1.165) is 24.8 Å². The van der Waals surface area contributed by atoms with Crippen LogP contribution < -0.4 is 5.32 Å². The van der Waals surface area contributed by atoms with Crippen molar-refractivity contribution in [1.82, 2.24) is 10.2 Å². The maximum atomic E-state index is 14.2. The van der Waals surface area contributed by atoms with Gasteiger partial charge in [0.25, 0.3) is 5.91 Å². The summed E-state index contributed by atoms with van der Waals surface area (Å²) in [7, 11) is -3.50. The molecule has 4 rings (SSSR count). The molecule has 170 valence electrons. The highest BCUT2D eigenvalue weighted by Crippen LogP contribution is 2.48. The number of piperidine rings is 1. The molecular formula is C22H21ClF2N2O4S. The molecule has 4 atom stereocenters. The summed E-state index contributed by atoms with van der Waals surface area (Å²) in [6, 6.07) is 5.76. The Kier molecular flexibility index (Phi) is 5.75. The van der Waals surface area contributed by atoms with Gasteiger partial charge in [-0.1, -0.05) is 17.7 Å². The molecule has 1 N–H and O–H groups in total. The quantitative estimate of drug-likeness (QED) is 0.661. The lowest BCUT2D eigenvalue weighted by Gasteiger charge is -2.28. The molecule has 0 unspecified atom stereocenters. The summed E-state index contributed by atoms with van der Waals surface area (Å²) in [5.41, 5.74) is 0.124. The van der Waals surface area contributed by atoms with Gasteiger partial charge in [-0.3, -0.25) is 9.59 Å². The van der Waals surface area contributed by atoms with Crippen LogP contribution in [0.15, 0.2) is 41.3 Å². The minimum Gasteiger partial charge on any atom is -0.348 e. The Labute approximate surface area is 189 Å². The molecule has 2 aromatic rings. The van der Waals surface area contributed by atoms with E-state index in [9.17, 15) is 26.8 Å². The van der Waals surface area contributed by atoms with E-state index in [4.69, 9.17) is 11.6 Å². The van der Waals surface area contributed by atoms with Crippen LogP contribution in [0.3, 0.4) is 0 Å². The van der Waals surface area contributed by atoms with Gasteiger partial charge in [-0.2, -0.15) is 0 Å². The van der Waals surface area contributed by atoms with Gasteiger partial charge in [0.15, 0.2) is 9.84 Å². The predicted octanol–water partition coefficient (Wildman–Crippen LogP) is 3.50. The minimum atomic E-state index is -3.50. The standard InChI is InChI=1S/C22H21ClF2N2O4S/c1-11(15-9-18(25)16(23)10-17(15)24)26-21(28)20-8-13-7-19(13)27(20)22(29)12-4-3-5-14(6-12)32(2,30)31/h3-6,9-11,13,19-20H,7-8H2,1-2H3,(H,26,28)/t11-,13-,19-,20-/m1/s1. The number of likely N-dealkylation sites (tertiary alicyclic amines) is 1. The van der Waals surface area contributed by atoms with Gasteiger partial charge in [0.2, 0.25) is 5.91 Å². The summed E-state index contributed by atoms with van der Waals surface area (Å²) >= 11 is 5.59. The Hall–Kier alpha value is -2.52. The molecule has 1 aliphatic heterocycles. The third kappa shape index (κ3) is 4.23. The van der Waals surface area contributed by atoms with E-state index in [2.05, 4.69) is 5.32 Å². The largest absolute Gasteiger partial charge is 0.348 e. The maximum absolute atomic E-state index is 14.2. The highest BCUT2D eigenvalue weighted by Gasteiger charge is 2.56. The normalized spacial score (nSPS) is 22.9. The van der Waals surface area contributed by atoms with Gasteiger partial charge in [0, 0.05) is 23.4 Å². The molecule has 0 bridgehead atoms. The number of carbonyl (C=O) groups is 2. The van der Waals surface area contributed by atoms with Crippen LogP contribution in [0.1, 0.15) is 41.7 Å². The van der Waals surface area contributed by atoms with Crippen molar-refractivity contribution >= 4 is 33.3 Å². The summed E-state index contributed by atoms with van der Waals surface area (Å²) in [6.07, 6.45) is 2.28. The topological polar surface area (TPSA) is 83.6 Å². The van der Waals surface area contributed by atoms with Crippen molar-refractivity contribution in [3.63, 3.8) is 0 Å². The number of carbonyl (C=O) groups excluding carboxylic acids is 2. The van der Waals surface area contributed by atoms with Crippen LogP contribution in [0.2, 0.25) is 5.02 Å². The monoisotopic (exact) mass is 482 g/mol. The predicted molar refractivity (Wildman–Crippen MR) is 114 cm³/mol. The molecule has 1 heterocycles. The van der Waals surface area contributed by atoms with Crippen molar-refractivity contribution < 1.29 is 26.8 Å². The molecule has 1 saturated carbocycles. The van der Waals surface area contributed by atoms with Crippen LogP contribution in [-0.4, -0.2) is 43.5 Å². The van der Waals surface area contributed by atoms with E-state index in [0.29, 0.717) is 6.42 Å². The van der Waals surface area contributed by atoms with E-state index in [1.165, 1.54) is 36.1 Å². The first-order valence-electron chi connectivity index (χ1n) is 10.0. The first-order valence-corrected chi connectivity index (χ1v) is 12.3. The Morgan fingerprint density at radius 3 is 2.56 bits per heavy atom. The van der Waals surface area contributed by atoms with Crippen LogP contribution >= 0.6 is 11.6 Å². The summed E-state index contributed by atoms with van der Waals surface area (Å²) in [4.78, 5) is 27.7. The molecule has 0 spiro atoms. The molecule has 1 aliphatic carbocycles. The number of nitrogens with zero attached hydrogens (tertiary/aromatic N) is 1. The lowest BCUT2D eigenvalue weighted by molar-refractivity contribution is -0.126. The number of hydrogen-bond donors (Lipinski definition) is 1. The van der Waals surface area contributed by atoms with Gasteiger partial charge >= 0.3 is 0 Å². The Balaban J connectivity index is 1.55. The van der Waals surface area contributed by atoms with Gasteiger partial charge in [-0.15, -0.1) is 0 Å². The fourth-order valence-electron chi connectivity index (χ4n) is 4.25. The zero-order valence-corrected chi connectivity index (χ0v) is 18.9. The molecule has 10 heteroatoms. The Morgan fingerprint density at radius 1 is 1.16 bits per heavy atom. The molecule has 1 saturated heterocycles. The van der Waals surface area contributed by atoms with Crippen LogP contribution in [0.5, 0.6) is 0 Å². The average Bonchev–Trinajstić information content (AvgIpc) is 3.39. The number of hydrogen-bond acceptors (Lipinski definition) is 4. The van der Waals surface area contributed by atoms with Crippen LogP contribution in [0, 0.1) is 17.6 Å². The number of nitrogens with one attached hydrogen (secondary N) is 1. The fraction of sp³-hybridized carbons (Fsp3) is 0.364. The van der Waals surface area contributed by atoms with Gasteiger partial charge in [0.05, 0.1) is 16.0 Å². The summed E-state index contributed by atoms with van der Waals surface area (Å²) in [5, 5.41) is 2.31. The lowest BCUT2D eigenvalue weighted by Crippen LogP contribution is -2.48. The first kappa shape index (κ1) is 22.7. The van der Waals surface area contributed by atoms with Gasteiger partial charge < -0.3 is 10.2 Å². The second kappa shape index (κ2) is 8.12. The molecular weight excluding hydrogens is 462 g/mol. The number of benzene rings is 2. The van der Waals surface area contributed by atoms with Crippen LogP contribution in [0.25, 0.3) is 0 Å². The van der Waals surface area contributed by atoms with Gasteiger partial charge in [-0.25, -0.2) is 17.2 Å². The smallest absolute Gasteiger partial charge is 0.254 e. The van der Waals surface area contributed by atoms with Crippen molar-refractivity contribution in [3.8, 4) is 0 Å². The number of halogens is 3. The van der Waals surface area contributed by atoms with Crippen molar-refractivity contribution in [2.24, 2.45) is 5.92 Å². The molecule has 2 fully saturated rings. The SMILES string of the molecule is C[C@@H](NC(=O)[C@H]1C[C@H]2C[C@H]2N1C(=O)c1cccc(S(C)(=O)=O)c1)c1cc(F)c(Cl)cc1F. The summed E-state index contributed by atoms with van der Waals surface area (Å²) < 4.78 is 51.7. The molecule has 2 aromatic carbocycles. The highest BCUT2D eigenvalue weighted by atomic mass is 35.5. The third-order valence-electron chi connectivity index (χ3n) is 6.02. The summed E-state index contributed by atoms with van der Waals surface area (Å²) in [6.45, 7) is 1.51. The van der Waals surface area contributed by atoms with Crippen molar-refractivity contribution in [2.75, 3.05) is 6.26 Å². The lowest BCUT2D eigenvalue weighted by atomic mass is 10.1. The number of amides is 2. The van der Waals surface area contributed by atoms with Crippen molar-refractivity contribution in [2.45, 2.75) is 42.8 Å². The molecule has 2 amide bonds. The average molecular weight is 483 g/mol. The zero-order valence-electron chi connectivity index (χ0n) is 17.3. The van der Waals surface area contributed by atoms with E-state index in [-0.39, 0.29) is 33.0 Å². The molecule has 2 aliphatic rings. The van der Waals surface area contributed by atoms with Crippen molar-refractivity contribution in [3.05, 3.63) is 64.2 Å². The number of sulfone groups is 1. The van der Waals surface area contributed by atoms with E-state index >= 15 is 0 Å². The molecule has 0 aromatic heterocycles. The fourth-order valence-corrected chi connectivity index (χ4v) is 5.07. The van der Waals surface area contributed by atoms with E-state index in [1.807, 2.05) is 0 Å². The first-order chi connectivity index (χ1) is 15.0. The summed E-state index contributed by atoms with van der Waals surface area (Å²) in [5.74, 6) is -2.27. The van der Waals surface area contributed by atoms with E-state index < -0.39 is 45.4 Å². The second-order valence-electron chi connectivity index (χ2n) is 8.35. The van der Waals surface area contributed by atoms with Crippen LogP contribution in [0.4, 0.5) is 8.78 Å². The Bertz CT molecular complexity index is 1220. The number of fused-ring (bicyclic) bond motifs is 1. The van der Waals surface area contributed by atoms with E-state index in [1.54, 1.807) is 0 Å². The van der Waals surface area contributed by atoms with Gasteiger partial charge in [-0.05, 0) is 56.0 Å². The zero-order chi connectivity index (χ0) is 23.4. The van der Waals surface area contributed by atoms with Gasteiger partial charge in [0.1, 0.15) is 17.7 Å². The number of rotatable bonds is 5. The maximum Gasteiger partial charge on any atom is 0.254 e. The van der Waals surface area contributed by atoms with Crippen LogP contribution in [-0.2, 0) is 14.6 Å². The molecule has 6 nitrogen and oxygen atoms in total.